The monoisotopic (exact) mass is 566 g/mol. The summed E-state index contributed by atoms with van der Waals surface area (Å²) in [5.74, 6) is 1.87. The van der Waals surface area contributed by atoms with E-state index in [1.54, 1.807) is 7.11 Å². The molecule has 0 atom stereocenters. The molecule has 0 unspecified atom stereocenters. The van der Waals surface area contributed by atoms with Crippen molar-refractivity contribution in [3.8, 4) is 11.6 Å². The van der Waals surface area contributed by atoms with Crippen molar-refractivity contribution in [1.82, 2.24) is 14.4 Å². The van der Waals surface area contributed by atoms with Crippen molar-refractivity contribution in [2.24, 2.45) is 5.41 Å². The third kappa shape index (κ3) is 5.97. The zero-order chi connectivity index (χ0) is 29.3. The molecule has 0 N–H and O–H groups in total. The largest absolute Gasteiger partial charge is 0.495 e. The van der Waals surface area contributed by atoms with Crippen molar-refractivity contribution in [2.75, 3.05) is 51.3 Å². The number of hydrogen-bond acceptors (Lipinski definition) is 5. The number of para-hydroxylation sites is 2. The third-order valence-electron chi connectivity index (χ3n) is 8.38. The van der Waals surface area contributed by atoms with Gasteiger partial charge in [0.25, 0.3) is 5.91 Å². The molecule has 3 heterocycles. The van der Waals surface area contributed by atoms with Gasteiger partial charge in [-0.15, -0.1) is 0 Å². The maximum Gasteiger partial charge on any atom is 0.253 e. The molecule has 0 spiro atoms. The van der Waals surface area contributed by atoms with E-state index in [0.29, 0.717) is 12.6 Å². The average molecular weight is 567 g/mol. The lowest BCUT2D eigenvalue weighted by Gasteiger charge is -2.48. The predicted octanol–water partition coefficient (Wildman–Crippen LogP) is 5.92. The van der Waals surface area contributed by atoms with E-state index in [9.17, 15) is 4.79 Å². The molecule has 6 rings (SSSR count). The Labute approximate surface area is 249 Å². The minimum atomic E-state index is 0.0800. The highest BCUT2D eigenvalue weighted by Crippen LogP contribution is 2.32. The normalized spacial score (nSPS) is 16.5. The van der Waals surface area contributed by atoms with Gasteiger partial charge in [-0.05, 0) is 41.3 Å². The first kappa shape index (κ1) is 28.2. The molecule has 4 aromatic rings. The summed E-state index contributed by atoms with van der Waals surface area (Å²) in [5.41, 5.74) is 4.21. The Morgan fingerprint density at radius 3 is 2.31 bits per heavy atom. The minimum absolute atomic E-state index is 0.0800. The number of methoxy groups -OCH3 is 1. The number of anilines is 1. The van der Waals surface area contributed by atoms with Gasteiger partial charge in [0.1, 0.15) is 12.4 Å². The van der Waals surface area contributed by atoms with Crippen LogP contribution in [0.1, 0.15) is 36.7 Å². The Morgan fingerprint density at radius 1 is 0.881 bits per heavy atom. The van der Waals surface area contributed by atoms with E-state index in [1.807, 2.05) is 47.4 Å². The molecule has 3 aromatic carbocycles. The van der Waals surface area contributed by atoms with Crippen molar-refractivity contribution < 1.29 is 14.3 Å². The SMILES string of the molecule is COc1ccccc1N1CCN(C2CN(C(=O)c3ccc4c(c3)cc(OCc3ccccc3)n4CC(C)(C)C)C2)CC1. The van der Waals surface area contributed by atoms with Gasteiger partial charge in [-0.25, -0.2) is 0 Å². The van der Waals surface area contributed by atoms with Gasteiger partial charge in [-0.3, -0.25) is 9.69 Å². The molecule has 2 aliphatic rings. The van der Waals surface area contributed by atoms with Gasteiger partial charge in [0.05, 0.1) is 18.3 Å². The van der Waals surface area contributed by atoms with Gasteiger partial charge in [0.15, 0.2) is 5.88 Å². The van der Waals surface area contributed by atoms with Crippen molar-refractivity contribution in [1.29, 1.82) is 0 Å². The van der Waals surface area contributed by atoms with E-state index in [1.165, 1.54) is 0 Å². The number of amides is 1. The molecule has 0 saturated carbocycles. The molecular formula is C35H42N4O3. The topological polar surface area (TPSA) is 50.2 Å². The summed E-state index contributed by atoms with van der Waals surface area (Å²) in [6.45, 7) is 13.5. The standard InChI is InChI=1S/C35H42N4O3/c1-35(2,3)25-39-30-15-14-27(20-28(30)21-33(39)42-24-26-10-6-5-7-11-26)34(40)38-22-29(23-38)36-16-18-37(19-17-36)31-12-8-9-13-32(31)41-4/h5-15,20-21,29H,16-19,22-25H2,1-4H3. The number of piperazine rings is 1. The number of aromatic nitrogens is 1. The first-order valence-corrected chi connectivity index (χ1v) is 15.0. The fourth-order valence-electron chi connectivity index (χ4n) is 6.12. The fraction of sp³-hybridized carbons (Fsp3) is 0.400. The van der Waals surface area contributed by atoms with E-state index in [0.717, 1.165) is 85.2 Å². The molecular weight excluding hydrogens is 524 g/mol. The lowest BCUT2D eigenvalue weighted by atomic mass is 9.97. The van der Waals surface area contributed by atoms with Crippen LogP contribution in [0.3, 0.4) is 0 Å². The molecule has 0 radical (unpaired) electrons. The van der Waals surface area contributed by atoms with Crippen molar-refractivity contribution in [2.45, 2.75) is 40.0 Å². The van der Waals surface area contributed by atoms with E-state index in [4.69, 9.17) is 9.47 Å². The summed E-state index contributed by atoms with van der Waals surface area (Å²) < 4.78 is 14.1. The van der Waals surface area contributed by atoms with Crippen LogP contribution in [0.25, 0.3) is 10.9 Å². The van der Waals surface area contributed by atoms with Gasteiger partial charge in [0, 0.05) is 68.9 Å². The number of carbonyl (C=O) groups excluding carboxylic acids is 1. The highest BCUT2D eigenvalue weighted by molar-refractivity contribution is 5.99. The lowest BCUT2D eigenvalue weighted by Crippen LogP contribution is -2.64. The number of fused-ring (bicyclic) bond motifs is 1. The predicted molar refractivity (Wildman–Crippen MR) is 169 cm³/mol. The Morgan fingerprint density at radius 2 is 1.60 bits per heavy atom. The summed E-state index contributed by atoms with van der Waals surface area (Å²) >= 11 is 0. The lowest BCUT2D eigenvalue weighted by molar-refractivity contribution is 0.0246. The molecule has 220 valence electrons. The summed E-state index contributed by atoms with van der Waals surface area (Å²) in [5, 5.41) is 1.04. The number of nitrogens with zero attached hydrogens (tertiary/aromatic N) is 4. The summed E-state index contributed by atoms with van der Waals surface area (Å²) in [6.07, 6.45) is 0. The zero-order valence-corrected chi connectivity index (χ0v) is 25.3. The van der Waals surface area contributed by atoms with Gasteiger partial charge >= 0.3 is 0 Å². The van der Waals surface area contributed by atoms with Crippen LogP contribution < -0.4 is 14.4 Å². The van der Waals surface area contributed by atoms with Crippen LogP contribution in [0.5, 0.6) is 11.6 Å². The molecule has 7 nitrogen and oxygen atoms in total. The van der Waals surface area contributed by atoms with Crippen LogP contribution >= 0.6 is 0 Å². The van der Waals surface area contributed by atoms with Crippen molar-refractivity contribution >= 4 is 22.5 Å². The summed E-state index contributed by atoms with van der Waals surface area (Å²) in [6, 6.07) is 27.1. The second-order valence-electron chi connectivity index (χ2n) is 12.7. The van der Waals surface area contributed by atoms with Gasteiger partial charge in [-0.1, -0.05) is 63.2 Å². The van der Waals surface area contributed by atoms with Crippen LogP contribution in [0.15, 0.2) is 78.9 Å². The maximum absolute atomic E-state index is 13.5. The van der Waals surface area contributed by atoms with Gasteiger partial charge in [-0.2, -0.15) is 0 Å². The van der Waals surface area contributed by atoms with Crippen LogP contribution in [0.2, 0.25) is 0 Å². The first-order valence-electron chi connectivity index (χ1n) is 15.0. The molecule has 2 fully saturated rings. The minimum Gasteiger partial charge on any atom is -0.495 e. The third-order valence-corrected chi connectivity index (χ3v) is 8.38. The van der Waals surface area contributed by atoms with Crippen LogP contribution in [0.4, 0.5) is 5.69 Å². The highest BCUT2D eigenvalue weighted by atomic mass is 16.5. The van der Waals surface area contributed by atoms with E-state index in [2.05, 4.69) is 71.5 Å². The smallest absolute Gasteiger partial charge is 0.253 e. The number of benzene rings is 3. The number of carbonyl (C=O) groups is 1. The number of likely N-dealkylation sites (tertiary alicyclic amines) is 1. The maximum atomic E-state index is 13.5. The Bertz CT molecular complexity index is 1530. The van der Waals surface area contributed by atoms with E-state index >= 15 is 0 Å². The average Bonchev–Trinajstić information content (AvgIpc) is 3.31. The van der Waals surface area contributed by atoms with Crippen LogP contribution in [-0.2, 0) is 13.2 Å². The molecule has 1 aromatic heterocycles. The second kappa shape index (κ2) is 11.7. The van der Waals surface area contributed by atoms with Crippen molar-refractivity contribution in [3.63, 3.8) is 0 Å². The first-order chi connectivity index (χ1) is 20.3. The zero-order valence-electron chi connectivity index (χ0n) is 25.3. The van der Waals surface area contributed by atoms with E-state index < -0.39 is 0 Å². The van der Waals surface area contributed by atoms with E-state index in [-0.39, 0.29) is 11.3 Å². The van der Waals surface area contributed by atoms with Crippen molar-refractivity contribution in [3.05, 3.63) is 90.0 Å². The van der Waals surface area contributed by atoms with Crippen LogP contribution in [0, 0.1) is 5.41 Å². The molecule has 2 aliphatic heterocycles. The summed E-state index contributed by atoms with van der Waals surface area (Å²) in [4.78, 5) is 20.4. The molecule has 0 aliphatic carbocycles. The van der Waals surface area contributed by atoms with Crippen LogP contribution in [-0.4, -0.2) is 72.7 Å². The highest BCUT2D eigenvalue weighted by Gasteiger charge is 2.36. The number of ether oxygens (including phenoxy) is 2. The molecule has 42 heavy (non-hydrogen) atoms. The quantitative estimate of drug-likeness (QED) is 0.265. The Hall–Kier alpha value is -3.97. The fourth-order valence-corrected chi connectivity index (χ4v) is 6.12. The number of rotatable bonds is 8. The molecule has 7 heteroatoms. The number of hydrogen-bond donors (Lipinski definition) is 0. The molecule has 0 bridgehead atoms. The Balaban J connectivity index is 1.10. The second-order valence-corrected chi connectivity index (χ2v) is 12.7. The Kier molecular flexibility index (Phi) is 7.86. The summed E-state index contributed by atoms with van der Waals surface area (Å²) in [7, 11) is 1.73. The molecule has 1 amide bonds. The molecule has 2 saturated heterocycles. The van der Waals surface area contributed by atoms with Gasteiger partial charge in [0.2, 0.25) is 0 Å². The van der Waals surface area contributed by atoms with Gasteiger partial charge < -0.3 is 23.8 Å².